The van der Waals surface area contributed by atoms with Crippen LogP contribution < -0.4 is 5.32 Å². The van der Waals surface area contributed by atoms with E-state index in [4.69, 9.17) is 0 Å². The molecule has 0 saturated heterocycles. The third kappa shape index (κ3) is 4.06. The van der Waals surface area contributed by atoms with Crippen molar-refractivity contribution in [3.63, 3.8) is 0 Å². The summed E-state index contributed by atoms with van der Waals surface area (Å²) in [7, 11) is 0. The third-order valence-corrected chi connectivity index (χ3v) is 4.06. The van der Waals surface area contributed by atoms with Crippen molar-refractivity contribution in [3.05, 3.63) is 34.9 Å². The summed E-state index contributed by atoms with van der Waals surface area (Å²) in [4.78, 5) is 0. The van der Waals surface area contributed by atoms with Gasteiger partial charge in [0.15, 0.2) is 0 Å². The Morgan fingerprint density at radius 1 is 1.19 bits per heavy atom. The van der Waals surface area contributed by atoms with E-state index < -0.39 is 0 Å². The second-order valence-electron chi connectivity index (χ2n) is 4.80. The van der Waals surface area contributed by atoms with Gasteiger partial charge >= 0.3 is 0 Å². The van der Waals surface area contributed by atoms with Crippen molar-refractivity contribution in [2.24, 2.45) is 5.92 Å². The van der Waals surface area contributed by atoms with Gasteiger partial charge in [-0.25, -0.2) is 0 Å². The molecule has 0 bridgehead atoms. The van der Waals surface area contributed by atoms with Gasteiger partial charge in [0.1, 0.15) is 0 Å². The number of hydrogen-bond donors (Lipinski definition) is 1. The molecule has 1 rings (SSSR count). The summed E-state index contributed by atoms with van der Waals surface area (Å²) >= 11 is 2.46. The quantitative estimate of drug-likeness (QED) is 0.638. The summed E-state index contributed by atoms with van der Waals surface area (Å²) in [5.74, 6) is 0.698. The number of halogens is 1. The summed E-state index contributed by atoms with van der Waals surface area (Å²) in [5.41, 5.74) is 4.14. The van der Waals surface area contributed by atoms with E-state index in [2.05, 4.69) is 73.8 Å². The first kappa shape index (κ1) is 14.0. The van der Waals surface area contributed by atoms with E-state index in [-0.39, 0.29) is 0 Å². The number of aryl methyl sites for hydroxylation is 2. The fourth-order valence-corrected chi connectivity index (χ4v) is 2.96. The largest absolute Gasteiger partial charge is 0.309 e. The number of benzene rings is 1. The second kappa shape index (κ2) is 6.60. The van der Waals surface area contributed by atoms with Gasteiger partial charge in [-0.05, 0) is 36.5 Å². The zero-order valence-corrected chi connectivity index (χ0v) is 12.8. The molecule has 0 aromatic heterocycles. The van der Waals surface area contributed by atoms with Gasteiger partial charge in [-0.2, -0.15) is 0 Å². The van der Waals surface area contributed by atoms with Gasteiger partial charge < -0.3 is 5.32 Å². The van der Waals surface area contributed by atoms with Gasteiger partial charge in [0.2, 0.25) is 0 Å². The van der Waals surface area contributed by atoms with Crippen LogP contribution >= 0.6 is 22.6 Å². The van der Waals surface area contributed by atoms with Gasteiger partial charge in [0.05, 0.1) is 0 Å². The highest BCUT2D eigenvalue weighted by Gasteiger charge is 2.10. The molecule has 1 aromatic rings. The van der Waals surface area contributed by atoms with Crippen molar-refractivity contribution in [1.82, 2.24) is 5.32 Å². The third-order valence-electron chi connectivity index (χ3n) is 3.11. The van der Waals surface area contributed by atoms with E-state index in [1.54, 1.807) is 0 Å². The van der Waals surface area contributed by atoms with Crippen LogP contribution in [0.25, 0.3) is 0 Å². The predicted octanol–water partition coefficient (Wildman–Crippen LogP) is 3.85. The van der Waals surface area contributed by atoms with E-state index in [1.807, 2.05) is 0 Å². The van der Waals surface area contributed by atoms with Crippen LogP contribution in [0.15, 0.2) is 18.2 Å². The Kier molecular flexibility index (Phi) is 5.76. The standard InChI is InChI=1S/C14H22IN/c1-10(2)14(8-15)16-9-13-6-5-11(3)12(4)7-13/h5-7,10,14,16H,8-9H2,1-4H3. The SMILES string of the molecule is Cc1ccc(CNC(CI)C(C)C)cc1C. The summed E-state index contributed by atoms with van der Waals surface area (Å²) in [6.45, 7) is 9.87. The lowest BCUT2D eigenvalue weighted by atomic mass is 10.0. The number of hydrogen-bond acceptors (Lipinski definition) is 1. The van der Waals surface area contributed by atoms with Crippen LogP contribution in [0, 0.1) is 19.8 Å². The Balaban J connectivity index is 2.57. The van der Waals surface area contributed by atoms with Crippen LogP contribution in [-0.4, -0.2) is 10.5 Å². The van der Waals surface area contributed by atoms with Gasteiger partial charge in [0.25, 0.3) is 0 Å². The molecule has 0 aliphatic rings. The highest BCUT2D eigenvalue weighted by atomic mass is 127. The molecular formula is C14H22IN. The summed E-state index contributed by atoms with van der Waals surface area (Å²) in [5, 5.41) is 3.62. The molecular weight excluding hydrogens is 309 g/mol. The lowest BCUT2D eigenvalue weighted by Crippen LogP contribution is -2.34. The number of alkyl halides is 1. The smallest absolute Gasteiger partial charge is 0.0208 e. The summed E-state index contributed by atoms with van der Waals surface area (Å²) < 4.78 is 1.17. The summed E-state index contributed by atoms with van der Waals surface area (Å²) in [6.07, 6.45) is 0. The molecule has 0 spiro atoms. The molecule has 0 fully saturated rings. The van der Waals surface area contributed by atoms with Crippen molar-refractivity contribution >= 4 is 22.6 Å². The molecule has 2 heteroatoms. The molecule has 0 aliphatic carbocycles. The van der Waals surface area contributed by atoms with E-state index in [0.29, 0.717) is 12.0 Å². The van der Waals surface area contributed by atoms with E-state index in [9.17, 15) is 0 Å². The lowest BCUT2D eigenvalue weighted by molar-refractivity contribution is 0.436. The molecule has 1 N–H and O–H groups in total. The van der Waals surface area contributed by atoms with Crippen LogP contribution in [0.2, 0.25) is 0 Å². The second-order valence-corrected chi connectivity index (χ2v) is 5.69. The number of rotatable bonds is 5. The molecule has 0 aliphatic heterocycles. The number of nitrogens with one attached hydrogen (secondary N) is 1. The topological polar surface area (TPSA) is 12.0 Å². The molecule has 16 heavy (non-hydrogen) atoms. The maximum Gasteiger partial charge on any atom is 0.0208 e. The molecule has 1 nitrogen and oxygen atoms in total. The molecule has 0 heterocycles. The monoisotopic (exact) mass is 331 g/mol. The summed E-state index contributed by atoms with van der Waals surface area (Å²) in [6, 6.07) is 7.33. The fourth-order valence-electron chi connectivity index (χ4n) is 1.63. The molecule has 0 saturated carbocycles. The van der Waals surface area contributed by atoms with Crippen LogP contribution in [0.4, 0.5) is 0 Å². The Labute approximate surface area is 113 Å². The highest BCUT2D eigenvalue weighted by molar-refractivity contribution is 14.1. The van der Waals surface area contributed by atoms with Crippen LogP contribution in [0.1, 0.15) is 30.5 Å². The minimum Gasteiger partial charge on any atom is -0.309 e. The highest BCUT2D eigenvalue weighted by Crippen LogP contribution is 2.11. The Bertz CT molecular complexity index is 334. The van der Waals surface area contributed by atoms with Crippen molar-refractivity contribution in [2.75, 3.05) is 4.43 Å². The van der Waals surface area contributed by atoms with Gasteiger partial charge in [-0.15, -0.1) is 0 Å². The Morgan fingerprint density at radius 2 is 1.88 bits per heavy atom. The van der Waals surface area contributed by atoms with Crippen molar-refractivity contribution < 1.29 is 0 Å². The molecule has 90 valence electrons. The van der Waals surface area contributed by atoms with Crippen molar-refractivity contribution in [3.8, 4) is 0 Å². The molecule has 0 radical (unpaired) electrons. The zero-order valence-electron chi connectivity index (χ0n) is 10.7. The normalized spacial score (nSPS) is 13.1. The van der Waals surface area contributed by atoms with Crippen LogP contribution in [0.3, 0.4) is 0 Å². The maximum atomic E-state index is 3.62. The first-order valence-corrected chi connectivity index (χ1v) is 7.42. The molecule has 1 aromatic carbocycles. The first-order chi connectivity index (χ1) is 7.54. The minimum absolute atomic E-state index is 0.613. The van der Waals surface area contributed by atoms with Gasteiger partial charge in [0, 0.05) is 17.0 Å². The Hall–Kier alpha value is -0.0900. The van der Waals surface area contributed by atoms with E-state index in [0.717, 1.165) is 6.54 Å². The van der Waals surface area contributed by atoms with Crippen LogP contribution in [0.5, 0.6) is 0 Å². The van der Waals surface area contributed by atoms with Crippen molar-refractivity contribution in [1.29, 1.82) is 0 Å². The molecule has 1 unspecified atom stereocenters. The average molecular weight is 331 g/mol. The molecule has 1 atom stereocenters. The zero-order chi connectivity index (χ0) is 12.1. The predicted molar refractivity (Wildman–Crippen MR) is 80.3 cm³/mol. The molecule has 0 amide bonds. The van der Waals surface area contributed by atoms with Gasteiger partial charge in [-0.3, -0.25) is 0 Å². The van der Waals surface area contributed by atoms with Crippen LogP contribution in [-0.2, 0) is 6.54 Å². The fraction of sp³-hybridized carbons (Fsp3) is 0.571. The average Bonchev–Trinajstić information content (AvgIpc) is 2.23. The Morgan fingerprint density at radius 3 is 2.38 bits per heavy atom. The minimum atomic E-state index is 0.613. The lowest BCUT2D eigenvalue weighted by Gasteiger charge is -2.20. The van der Waals surface area contributed by atoms with E-state index >= 15 is 0 Å². The van der Waals surface area contributed by atoms with Crippen molar-refractivity contribution in [2.45, 2.75) is 40.3 Å². The first-order valence-electron chi connectivity index (χ1n) is 5.90. The van der Waals surface area contributed by atoms with E-state index in [1.165, 1.54) is 21.1 Å². The maximum absolute atomic E-state index is 3.62. The van der Waals surface area contributed by atoms with Gasteiger partial charge in [-0.1, -0.05) is 54.6 Å².